The molecule has 5 heteroatoms. The average molecular weight is 242 g/mol. The molecule has 0 saturated carbocycles. The predicted molar refractivity (Wildman–Crippen MR) is 59.9 cm³/mol. The lowest BCUT2D eigenvalue weighted by molar-refractivity contribution is -0.148. The van der Waals surface area contributed by atoms with Gasteiger partial charge in [-0.2, -0.15) is 0 Å². The number of likely N-dealkylation sites (N-methyl/N-ethyl adjacent to an activating group) is 1. The van der Waals surface area contributed by atoms with Crippen molar-refractivity contribution in [1.29, 1.82) is 0 Å². The van der Waals surface area contributed by atoms with Crippen LogP contribution in [0, 0.1) is 0 Å². The van der Waals surface area contributed by atoms with Crippen LogP contribution in [-0.4, -0.2) is 24.3 Å². The van der Waals surface area contributed by atoms with Crippen molar-refractivity contribution in [3.8, 4) is 0 Å². The van der Waals surface area contributed by atoms with E-state index in [0.717, 1.165) is 5.56 Å². The Balaban J connectivity index is 2.49. The second kappa shape index (κ2) is 6.25. The van der Waals surface area contributed by atoms with Gasteiger partial charge in [-0.05, 0) is 24.2 Å². The first-order chi connectivity index (χ1) is 7.65. The highest BCUT2D eigenvalue weighted by molar-refractivity contribution is 6.66. The number of benzene rings is 1. The summed E-state index contributed by atoms with van der Waals surface area (Å²) in [5, 5.41) is 1.70. The molecule has 1 rings (SSSR count). The first-order valence-electron chi connectivity index (χ1n) is 4.72. The molecular weight excluding hydrogens is 230 g/mol. The number of carbonyl (C=O) groups excluding carboxylic acids is 2. The minimum absolute atomic E-state index is 0.127. The van der Waals surface area contributed by atoms with Gasteiger partial charge in [0.15, 0.2) is 6.04 Å². The van der Waals surface area contributed by atoms with Gasteiger partial charge in [0.1, 0.15) is 6.61 Å². The van der Waals surface area contributed by atoms with Crippen LogP contribution in [0.4, 0.5) is 0 Å². The maximum absolute atomic E-state index is 11.4. The van der Waals surface area contributed by atoms with Gasteiger partial charge in [0.25, 0.3) is 0 Å². The van der Waals surface area contributed by atoms with E-state index in [4.69, 9.17) is 16.3 Å². The minimum Gasteiger partial charge on any atom is -0.459 e. The van der Waals surface area contributed by atoms with Crippen molar-refractivity contribution >= 4 is 22.8 Å². The zero-order chi connectivity index (χ0) is 12.0. The van der Waals surface area contributed by atoms with E-state index in [9.17, 15) is 9.59 Å². The molecule has 0 aliphatic carbocycles. The van der Waals surface area contributed by atoms with Gasteiger partial charge in [-0.3, -0.25) is 4.79 Å². The van der Waals surface area contributed by atoms with Crippen LogP contribution in [0.5, 0.6) is 0 Å². The van der Waals surface area contributed by atoms with E-state index >= 15 is 0 Å². The van der Waals surface area contributed by atoms with Crippen LogP contribution in [0.15, 0.2) is 30.3 Å². The number of hydrogen-bond donors (Lipinski definition) is 1. The summed E-state index contributed by atoms with van der Waals surface area (Å²) >= 11 is 5.22. The Kier molecular flexibility index (Phi) is 4.95. The van der Waals surface area contributed by atoms with E-state index in [1.807, 2.05) is 30.3 Å². The lowest BCUT2D eigenvalue weighted by atomic mass is 10.2. The second-order valence-electron chi connectivity index (χ2n) is 3.12. The number of ether oxygens (including phenoxy) is 1. The largest absolute Gasteiger partial charge is 0.459 e. The Morgan fingerprint density at radius 3 is 2.50 bits per heavy atom. The van der Waals surface area contributed by atoms with Crippen molar-refractivity contribution in [3.05, 3.63) is 35.9 Å². The molecule has 1 aromatic rings. The maximum Gasteiger partial charge on any atom is 0.332 e. The Bertz CT molecular complexity index is 367. The van der Waals surface area contributed by atoms with E-state index in [1.165, 1.54) is 7.05 Å². The molecule has 0 aliphatic heterocycles. The number of carbonyl (C=O) groups is 2. The first-order valence-corrected chi connectivity index (χ1v) is 5.10. The fourth-order valence-electron chi connectivity index (χ4n) is 1.14. The summed E-state index contributed by atoms with van der Waals surface area (Å²) in [6.07, 6.45) is 0. The number of nitrogens with one attached hydrogen (secondary N) is 1. The summed E-state index contributed by atoms with van der Waals surface area (Å²) in [5.41, 5.74) is 0.854. The quantitative estimate of drug-likeness (QED) is 0.476. The van der Waals surface area contributed by atoms with Crippen molar-refractivity contribution in [2.24, 2.45) is 0 Å². The third kappa shape index (κ3) is 3.64. The van der Waals surface area contributed by atoms with E-state index in [1.54, 1.807) is 0 Å². The average Bonchev–Trinajstić information content (AvgIpc) is 2.28. The lowest BCUT2D eigenvalue weighted by Gasteiger charge is -2.10. The SMILES string of the molecule is CNC(C(=O)Cl)C(=O)OCc1ccccc1. The summed E-state index contributed by atoms with van der Waals surface area (Å²) in [6.45, 7) is 0.127. The molecule has 0 fully saturated rings. The summed E-state index contributed by atoms with van der Waals surface area (Å²) < 4.78 is 4.94. The molecule has 0 saturated heterocycles. The van der Waals surface area contributed by atoms with Gasteiger partial charge in [0.2, 0.25) is 5.24 Å². The van der Waals surface area contributed by atoms with Crippen molar-refractivity contribution in [2.45, 2.75) is 12.6 Å². The van der Waals surface area contributed by atoms with E-state index in [-0.39, 0.29) is 6.61 Å². The molecule has 1 N–H and O–H groups in total. The monoisotopic (exact) mass is 241 g/mol. The first kappa shape index (κ1) is 12.7. The molecule has 0 heterocycles. The van der Waals surface area contributed by atoms with Crippen LogP contribution in [0.3, 0.4) is 0 Å². The molecule has 86 valence electrons. The third-order valence-electron chi connectivity index (χ3n) is 1.98. The Labute approximate surface area is 98.5 Å². The summed E-state index contributed by atoms with van der Waals surface area (Å²) in [7, 11) is 1.47. The Morgan fingerprint density at radius 1 is 1.38 bits per heavy atom. The summed E-state index contributed by atoms with van der Waals surface area (Å²) in [4.78, 5) is 22.2. The fourth-order valence-corrected chi connectivity index (χ4v) is 1.33. The highest BCUT2D eigenvalue weighted by Crippen LogP contribution is 2.03. The molecule has 0 bridgehead atoms. The number of esters is 1. The molecule has 0 radical (unpaired) electrons. The molecule has 1 atom stereocenters. The molecule has 0 aromatic heterocycles. The van der Waals surface area contributed by atoms with Crippen LogP contribution >= 0.6 is 11.6 Å². The molecular formula is C11H12ClNO3. The predicted octanol–water partition coefficient (Wildman–Crippen LogP) is 1.08. The summed E-state index contributed by atoms with van der Waals surface area (Å²) in [6, 6.07) is 8.08. The number of rotatable bonds is 5. The minimum atomic E-state index is -1.11. The smallest absolute Gasteiger partial charge is 0.332 e. The molecule has 0 amide bonds. The molecule has 0 spiro atoms. The van der Waals surface area contributed by atoms with Gasteiger partial charge in [0, 0.05) is 0 Å². The van der Waals surface area contributed by atoms with E-state index in [2.05, 4.69) is 5.32 Å². The standard InChI is InChI=1S/C11H12ClNO3/c1-13-9(10(12)14)11(15)16-7-8-5-3-2-4-6-8/h2-6,9,13H,7H2,1H3. The van der Waals surface area contributed by atoms with Gasteiger partial charge in [-0.15, -0.1) is 0 Å². The number of halogens is 1. The van der Waals surface area contributed by atoms with Gasteiger partial charge >= 0.3 is 5.97 Å². The van der Waals surface area contributed by atoms with Gasteiger partial charge in [-0.1, -0.05) is 30.3 Å². The Morgan fingerprint density at radius 2 is 2.00 bits per heavy atom. The van der Waals surface area contributed by atoms with Crippen molar-refractivity contribution in [1.82, 2.24) is 5.32 Å². The van der Waals surface area contributed by atoms with Gasteiger partial charge in [0.05, 0.1) is 0 Å². The van der Waals surface area contributed by atoms with Crippen LogP contribution in [0.2, 0.25) is 0 Å². The highest BCUT2D eigenvalue weighted by atomic mass is 35.5. The van der Waals surface area contributed by atoms with Crippen LogP contribution in [0.1, 0.15) is 5.56 Å². The topological polar surface area (TPSA) is 55.4 Å². The molecule has 16 heavy (non-hydrogen) atoms. The Hall–Kier alpha value is -1.39. The zero-order valence-electron chi connectivity index (χ0n) is 8.77. The van der Waals surface area contributed by atoms with Crippen LogP contribution in [-0.2, 0) is 20.9 Å². The zero-order valence-corrected chi connectivity index (χ0v) is 9.53. The molecule has 1 unspecified atom stereocenters. The summed E-state index contributed by atoms with van der Waals surface area (Å²) in [5.74, 6) is -0.675. The normalized spacial score (nSPS) is 11.9. The third-order valence-corrected chi connectivity index (χ3v) is 2.19. The highest BCUT2D eigenvalue weighted by Gasteiger charge is 2.24. The fraction of sp³-hybridized carbons (Fsp3) is 0.273. The van der Waals surface area contributed by atoms with Gasteiger partial charge in [-0.25, -0.2) is 4.79 Å². The second-order valence-corrected chi connectivity index (χ2v) is 3.49. The van der Waals surface area contributed by atoms with Crippen molar-refractivity contribution in [3.63, 3.8) is 0 Å². The lowest BCUT2D eigenvalue weighted by Crippen LogP contribution is -2.40. The van der Waals surface area contributed by atoms with E-state index < -0.39 is 17.3 Å². The van der Waals surface area contributed by atoms with Crippen LogP contribution < -0.4 is 5.32 Å². The van der Waals surface area contributed by atoms with Crippen molar-refractivity contribution in [2.75, 3.05) is 7.05 Å². The number of hydrogen-bond acceptors (Lipinski definition) is 4. The van der Waals surface area contributed by atoms with E-state index in [0.29, 0.717) is 0 Å². The van der Waals surface area contributed by atoms with Gasteiger partial charge < -0.3 is 10.1 Å². The van der Waals surface area contributed by atoms with Crippen LogP contribution in [0.25, 0.3) is 0 Å². The molecule has 1 aromatic carbocycles. The maximum atomic E-state index is 11.4. The molecule has 4 nitrogen and oxygen atoms in total. The molecule has 0 aliphatic rings. The van der Waals surface area contributed by atoms with Crippen molar-refractivity contribution < 1.29 is 14.3 Å².